The van der Waals surface area contributed by atoms with Gasteiger partial charge in [0.2, 0.25) is 0 Å². The molecule has 1 saturated heterocycles. The van der Waals surface area contributed by atoms with Crippen molar-refractivity contribution in [1.29, 1.82) is 0 Å². The molecule has 3 unspecified atom stereocenters. The van der Waals surface area contributed by atoms with E-state index in [9.17, 15) is 0 Å². The second-order valence-electron chi connectivity index (χ2n) is 5.57. The number of hydrogen-bond donors (Lipinski definition) is 1. The van der Waals surface area contributed by atoms with E-state index in [1.54, 1.807) is 6.20 Å². The van der Waals surface area contributed by atoms with E-state index in [0.29, 0.717) is 16.5 Å². The molecule has 118 valence electrons. The highest BCUT2D eigenvalue weighted by Gasteiger charge is 2.31. The van der Waals surface area contributed by atoms with Gasteiger partial charge in [0.15, 0.2) is 0 Å². The third-order valence-corrected chi connectivity index (χ3v) is 6.65. The Morgan fingerprint density at radius 3 is 2.76 bits per heavy atom. The summed E-state index contributed by atoms with van der Waals surface area (Å²) in [5, 5.41) is 4.89. The maximum absolute atomic E-state index is 5.80. The Labute approximate surface area is 137 Å². The van der Waals surface area contributed by atoms with Crippen LogP contribution in [0.2, 0.25) is 0 Å². The van der Waals surface area contributed by atoms with Crippen molar-refractivity contribution in [3.8, 4) is 5.75 Å². The molecule has 0 spiro atoms. The van der Waals surface area contributed by atoms with Gasteiger partial charge in [-0.3, -0.25) is 4.98 Å². The van der Waals surface area contributed by atoms with E-state index in [1.165, 1.54) is 17.1 Å². The van der Waals surface area contributed by atoms with Crippen LogP contribution in [0, 0.1) is 0 Å². The van der Waals surface area contributed by atoms with Crippen molar-refractivity contribution in [3.63, 3.8) is 0 Å². The van der Waals surface area contributed by atoms with Gasteiger partial charge in [0, 0.05) is 34.2 Å². The van der Waals surface area contributed by atoms with Gasteiger partial charge in [-0.15, -0.1) is 0 Å². The van der Waals surface area contributed by atoms with E-state index in [-0.39, 0.29) is 6.10 Å². The molecule has 1 fully saturated rings. The predicted octanol–water partition coefficient (Wildman–Crippen LogP) is 3.76. The number of aromatic nitrogens is 1. The van der Waals surface area contributed by atoms with E-state index in [0.717, 1.165) is 12.3 Å². The molecule has 1 aromatic heterocycles. The Balaban J connectivity index is 2.20. The monoisotopic (exact) mass is 326 g/mol. The summed E-state index contributed by atoms with van der Waals surface area (Å²) in [7, 11) is 0. The van der Waals surface area contributed by atoms with E-state index in [4.69, 9.17) is 4.74 Å². The summed E-state index contributed by atoms with van der Waals surface area (Å²) < 4.78 is 5.80. The van der Waals surface area contributed by atoms with Crippen LogP contribution in [0.5, 0.6) is 5.75 Å². The number of rotatable bonds is 6. The molecule has 3 nitrogen and oxygen atoms in total. The number of nitrogens with one attached hydrogen (secondary N) is 1. The summed E-state index contributed by atoms with van der Waals surface area (Å²) in [6.45, 7) is 9.57. The fourth-order valence-electron chi connectivity index (χ4n) is 2.60. The molecule has 0 aliphatic carbocycles. The first-order valence-corrected chi connectivity index (χ1v) is 9.79. The number of nitrogens with zero attached hydrogens (tertiary/aromatic N) is 1. The van der Waals surface area contributed by atoms with Gasteiger partial charge in [0.05, 0.1) is 12.3 Å². The van der Waals surface area contributed by atoms with Crippen LogP contribution in [0.4, 0.5) is 0 Å². The highest BCUT2D eigenvalue weighted by Crippen LogP contribution is 2.39. The number of pyridine rings is 1. The van der Waals surface area contributed by atoms with Crippen molar-refractivity contribution in [1.82, 2.24) is 10.3 Å². The SMILES string of the molecule is CCNC(c1cncc(OC(C)C)c1)C1SCCSC1C. The van der Waals surface area contributed by atoms with Gasteiger partial charge in [-0.2, -0.15) is 23.5 Å². The first kappa shape index (κ1) is 17.0. The zero-order chi connectivity index (χ0) is 15.2. The molecule has 5 heteroatoms. The van der Waals surface area contributed by atoms with Crippen molar-refractivity contribution in [2.75, 3.05) is 18.1 Å². The lowest BCUT2D eigenvalue weighted by molar-refractivity contribution is 0.241. The zero-order valence-corrected chi connectivity index (χ0v) is 15.0. The first-order chi connectivity index (χ1) is 10.1. The topological polar surface area (TPSA) is 34.2 Å². The number of hydrogen-bond acceptors (Lipinski definition) is 5. The van der Waals surface area contributed by atoms with E-state index in [1.807, 2.05) is 20.0 Å². The Kier molecular flexibility index (Phi) is 6.71. The molecule has 1 N–H and O–H groups in total. The molecule has 0 radical (unpaired) electrons. The summed E-state index contributed by atoms with van der Waals surface area (Å²) in [5.41, 5.74) is 1.24. The number of ether oxygens (including phenoxy) is 1. The van der Waals surface area contributed by atoms with E-state index in [2.05, 4.69) is 53.7 Å². The Hall–Kier alpha value is -0.390. The van der Waals surface area contributed by atoms with Crippen LogP contribution in [0.25, 0.3) is 0 Å². The minimum absolute atomic E-state index is 0.179. The maximum Gasteiger partial charge on any atom is 0.138 e. The van der Waals surface area contributed by atoms with Gasteiger partial charge in [-0.25, -0.2) is 0 Å². The second-order valence-corrected chi connectivity index (χ2v) is 8.34. The minimum Gasteiger partial charge on any atom is -0.489 e. The summed E-state index contributed by atoms with van der Waals surface area (Å²) >= 11 is 4.16. The highest BCUT2D eigenvalue weighted by atomic mass is 32.2. The van der Waals surface area contributed by atoms with Crippen LogP contribution >= 0.6 is 23.5 Å². The molecule has 0 bridgehead atoms. The van der Waals surface area contributed by atoms with Crippen LogP contribution in [0.15, 0.2) is 18.5 Å². The molecule has 0 saturated carbocycles. The molecule has 3 atom stereocenters. The predicted molar refractivity (Wildman–Crippen MR) is 94.6 cm³/mol. The average Bonchev–Trinajstić information content (AvgIpc) is 2.45. The largest absolute Gasteiger partial charge is 0.489 e. The normalized spacial score (nSPS) is 24.0. The average molecular weight is 327 g/mol. The van der Waals surface area contributed by atoms with Crippen LogP contribution in [-0.2, 0) is 0 Å². The summed E-state index contributed by atoms with van der Waals surface area (Å²) in [6.07, 6.45) is 3.96. The quantitative estimate of drug-likeness (QED) is 0.861. The standard InChI is InChI=1S/C16H26N2OS2/c1-5-18-15(16-12(4)20-6-7-21-16)13-8-14(10-17-9-13)19-11(2)3/h8-12,15-16,18H,5-7H2,1-4H3. The van der Waals surface area contributed by atoms with Gasteiger partial charge in [-0.05, 0) is 32.0 Å². The molecule has 1 aliphatic rings. The third kappa shape index (κ3) is 4.80. The van der Waals surface area contributed by atoms with Gasteiger partial charge in [0.25, 0.3) is 0 Å². The Bertz CT molecular complexity index is 442. The van der Waals surface area contributed by atoms with Crippen molar-refractivity contribution < 1.29 is 4.74 Å². The van der Waals surface area contributed by atoms with Crippen molar-refractivity contribution in [2.24, 2.45) is 0 Å². The van der Waals surface area contributed by atoms with Crippen molar-refractivity contribution in [3.05, 3.63) is 24.0 Å². The molecule has 2 heterocycles. The summed E-state index contributed by atoms with van der Waals surface area (Å²) in [4.78, 5) is 4.38. The van der Waals surface area contributed by atoms with Crippen LogP contribution < -0.4 is 10.1 Å². The van der Waals surface area contributed by atoms with Gasteiger partial charge in [0.1, 0.15) is 5.75 Å². The lowest BCUT2D eigenvalue weighted by Gasteiger charge is -2.35. The zero-order valence-electron chi connectivity index (χ0n) is 13.3. The molecular weight excluding hydrogens is 300 g/mol. The lowest BCUT2D eigenvalue weighted by atomic mass is 10.0. The number of thioether (sulfide) groups is 2. The molecule has 0 amide bonds. The smallest absolute Gasteiger partial charge is 0.138 e. The molecule has 21 heavy (non-hydrogen) atoms. The van der Waals surface area contributed by atoms with Gasteiger partial charge in [-0.1, -0.05) is 13.8 Å². The summed E-state index contributed by atoms with van der Waals surface area (Å²) in [5.74, 6) is 3.36. The van der Waals surface area contributed by atoms with Gasteiger partial charge < -0.3 is 10.1 Å². The second kappa shape index (κ2) is 8.30. The molecule has 1 aromatic rings. The summed E-state index contributed by atoms with van der Waals surface area (Å²) in [6, 6.07) is 2.48. The van der Waals surface area contributed by atoms with E-state index >= 15 is 0 Å². The highest BCUT2D eigenvalue weighted by molar-refractivity contribution is 8.07. The van der Waals surface area contributed by atoms with E-state index < -0.39 is 0 Å². The van der Waals surface area contributed by atoms with Crippen LogP contribution in [0.3, 0.4) is 0 Å². The maximum atomic E-state index is 5.80. The Morgan fingerprint density at radius 1 is 1.33 bits per heavy atom. The third-order valence-electron chi connectivity index (χ3n) is 3.45. The van der Waals surface area contributed by atoms with Crippen molar-refractivity contribution >= 4 is 23.5 Å². The fourth-order valence-corrected chi connectivity index (χ4v) is 5.55. The molecule has 0 aromatic carbocycles. The van der Waals surface area contributed by atoms with Gasteiger partial charge >= 0.3 is 0 Å². The van der Waals surface area contributed by atoms with Crippen LogP contribution in [0.1, 0.15) is 39.3 Å². The molecule has 2 rings (SSSR count). The molecular formula is C16H26N2OS2. The van der Waals surface area contributed by atoms with Crippen molar-refractivity contribution in [2.45, 2.75) is 50.3 Å². The Morgan fingerprint density at radius 2 is 2.10 bits per heavy atom. The molecule has 1 aliphatic heterocycles. The lowest BCUT2D eigenvalue weighted by Crippen LogP contribution is -2.37. The fraction of sp³-hybridized carbons (Fsp3) is 0.688. The minimum atomic E-state index is 0.179. The van der Waals surface area contributed by atoms with Crippen LogP contribution in [-0.4, -0.2) is 39.6 Å². The first-order valence-electron chi connectivity index (χ1n) is 7.70.